The minimum absolute atomic E-state index is 0.0431. The van der Waals surface area contributed by atoms with Crippen molar-refractivity contribution in [2.75, 3.05) is 18.6 Å². The van der Waals surface area contributed by atoms with Crippen molar-refractivity contribution in [3.05, 3.63) is 54.1 Å². The van der Waals surface area contributed by atoms with Crippen LogP contribution in [0.15, 0.2) is 48.5 Å². The molecule has 0 bridgehead atoms. The largest absolute Gasteiger partial charge is 0.573 e. The molecule has 1 unspecified atom stereocenters. The van der Waals surface area contributed by atoms with Crippen LogP contribution in [0.2, 0.25) is 0 Å². The molecule has 29 heavy (non-hydrogen) atoms. The van der Waals surface area contributed by atoms with Gasteiger partial charge in [0, 0.05) is 18.7 Å². The molecule has 1 amide bonds. The molecule has 2 aromatic carbocycles. The Morgan fingerprint density at radius 2 is 1.86 bits per heavy atom. The number of hydrogen-bond donors (Lipinski definition) is 0. The molecule has 3 rings (SSSR count). The summed E-state index contributed by atoms with van der Waals surface area (Å²) in [5.41, 5.74) is 1.13. The van der Waals surface area contributed by atoms with Gasteiger partial charge in [0.15, 0.2) is 0 Å². The Hall–Kier alpha value is -3.23. The molecule has 1 aliphatic heterocycles. The van der Waals surface area contributed by atoms with E-state index in [4.69, 9.17) is 4.74 Å². The number of carbonyl (C=O) groups is 2. The molecule has 0 spiro atoms. The molecule has 0 N–H and O–H groups in total. The minimum Gasteiger partial charge on any atom is -0.489 e. The second-order valence-corrected chi connectivity index (χ2v) is 6.41. The summed E-state index contributed by atoms with van der Waals surface area (Å²) in [6, 6.07) is 12.2. The molecular weight excluding hydrogens is 391 g/mol. The van der Waals surface area contributed by atoms with E-state index in [0.717, 1.165) is 0 Å². The third-order valence-corrected chi connectivity index (χ3v) is 4.35. The summed E-state index contributed by atoms with van der Waals surface area (Å²) in [7, 11) is 1.28. The average molecular weight is 409 g/mol. The van der Waals surface area contributed by atoms with Gasteiger partial charge in [-0.1, -0.05) is 12.1 Å². The Balaban J connectivity index is 1.60. The Labute approximate surface area is 164 Å². The number of benzene rings is 2. The highest BCUT2D eigenvalue weighted by atomic mass is 19.4. The Kier molecular flexibility index (Phi) is 5.95. The Bertz CT molecular complexity index is 882. The number of alkyl halides is 3. The summed E-state index contributed by atoms with van der Waals surface area (Å²) in [6.07, 6.45) is -4.66. The SMILES string of the molecule is COC(=O)C1CC(=O)N(c2ccc(OCc3cccc(OC(F)(F)F)c3)cc2)C1. The summed E-state index contributed by atoms with van der Waals surface area (Å²) in [5.74, 6) is -0.920. The van der Waals surface area contributed by atoms with E-state index < -0.39 is 18.2 Å². The van der Waals surface area contributed by atoms with Crippen molar-refractivity contribution in [1.29, 1.82) is 0 Å². The Morgan fingerprint density at radius 1 is 1.14 bits per heavy atom. The van der Waals surface area contributed by atoms with E-state index in [9.17, 15) is 22.8 Å². The van der Waals surface area contributed by atoms with Gasteiger partial charge in [-0.3, -0.25) is 9.59 Å². The van der Waals surface area contributed by atoms with Crippen LogP contribution in [0.5, 0.6) is 11.5 Å². The molecular formula is C20H18F3NO5. The second kappa shape index (κ2) is 8.42. The summed E-state index contributed by atoms with van der Waals surface area (Å²) in [4.78, 5) is 25.2. The molecule has 0 radical (unpaired) electrons. The second-order valence-electron chi connectivity index (χ2n) is 6.41. The van der Waals surface area contributed by atoms with E-state index in [0.29, 0.717) is 17.0 Å². The smallest absolute Gasteiger partial charge is 0.489 e. The zero-order chi connectivity index (χ0) is 21.0. The number of halogens is 3. The van der Waals surface area contributed by atoms with E-state index in [1.54, 1.807) is 30.3 Å². The quantitative estimate of drug-likeness (QED) is 0.681. The summed E-state index contributed by atoms with van der Waals surface area (Å²) >= 11 is 0. The van der Waals surface area contributed by atoms with Gasteiger partial charge < -0.3 is 19.1 Å². The number of methoxy groups -OCH3 is 1. The maximum absolute atomic E-state index is 12.3. The van der Waals surface area contributed by atoms with E-state index in [-0.39, 0.29) is 31.2 Å². The van der Waals surface area contributed by atoms with Gasteiger partial charge >= 0.3 is 12.3 Å². The fourth-order valence-corrected chi connectivity index (χ4v) is 3.00. The van der Waals surface area contributed by atoms with E-state index in [1.807, 2.05) is 0 Å². The van der Waals surface area contributed by atoms with Crippen molar-refractivity contribution >= 4 is 17.6 Å². The first-order chi connectivity index (χ1) is 13.7. The lowest BCUT2D eigenvalue weighted by Crippen LogP contribution is -2.26. The van der Waals surface area contributed by atoms with Gasteiger partial charge in [-0.2, -0.15) is 0 Å². The summed E-state index contributed by atoms with van der Waals surface area (Å²) in [5, 5.41) is 0. The third kappa shape index (κ3) is 5.40. The van der Waals surface area contributed by atoms with Crippen LogP contribution in [0.1, 0.15) is 12.0 Å². The van der Waals surface area contributed by atoms with Gasteiger partial charge in [-0.25, -0.2) is 0 Å². The first kappa shape index (κ1) is 20.5. The lowest BCUT2D eigenvalue weighted by atomic mass is 10.1. The predicted octanol–water partition coefficient (Wildman–Crippen LogP) is 3.69. The number of ether oxygens (including phenoxy) is 3. The molecule has 6 nitrogen and oxygen atoms in total. The minimum atomic E-state index is -4.75. The van der Waals surface area contributed by atoms with Gasteiger partial charge in [0.2, 0.25) is 5.91 Å². The number of esters is 1. The van der Waals surface area contributed by atoms with Crippen LogP contribution in [-0.2, 0) is 20.9 Å². The molecule has 0 aromatic heterocycles. The molecule has 154 valence electrons. The summed E-state index contributed by atoms with van der Waals surface area (Å²) < 4.78 is 51.1. The first-order valence-corrected chi connectivity index (χ1v) is 8.71. The summed E-state index contributed by atoms with van der Waals surface area (Å²) in [6.45, 7) is 0.291. The van der Waals surface area contributed by atoms with Crippen LogP contribution in [0.25, 0.3) is 0 Å². The maximum Gasteiger partial charge on any atom is 0.573 e. The molecule has 1 atom stereocenters. The van der Waals surface area contributed by atoms with Crippen LogP contribution >= 0.6 is 0 Å². The van der Waals surface area contributed by atoms with E-state index in [2.05, 4.69) is 9.47 Å². The van der Waals surface area contributed by atoms with Crippen LogP contribution in [0.3, 0.4) is 0 Å². The number of anilines is 1. The van der Waals surface area contributed by atoms with Crippen molar-refractivity contribution in [2.24, 2.45) is 5.92 Å². The van der Waals surface area contributed by atoms with Gasteiger partial charge in [0.25, 0.3) is 0 Å². The van der Waals surface area contributed by atoms with Crippen LogP contribution in [0.4, 0.5) is 18.9 Å². The van der Waals surface area contributed by atoms with Crippen LogP contribution in [0, 0.1) is 5.92 Å². The normalized spacial score (nSPS) is 16.6. The lowest BCUT2D eigenvalue weighted by molar-refractivity contribution is -0.274. The first-order valence-electron chi connectivity index (χ1n) is 8.71. The maximum atomic E-state index is 12.3. The van der Waals surface area contributed by atoms with Crippen molar-refractivity contribution < 1.29 is 37.0 Å². The van der Waals surface area contributed by atoms with Crippen molar-refractivity contribution in [3.63, 3.8) is 0 Å². The monoisotopic (exact) mass is 409 g/mol. The van der Waals surface area contributed by atoms with Crippen LogP contribution < -0.4 is 14.4 Å². The average Bonchev–Trinajstić information content (AvgIpc) is 3.07. The number of hydrogen-bond acceptors (Lipinski definition) is 5. The topological polar surface area (TPSA) is 65.1 Å². The highest BCUT2D eigenvalue weighted by Gasteiger charge is 2.35. The van der Waals surface area contributed by atoms with Gasteiger partial charge in [-0.15, -0.1) is 13.2 Å². The Morgan fingerprint density at radius 3 is 2.52 bits per heavy atom. The molecule has 1 aliphatic rings. The standard InChI is InChI=1S/C20H18F3NO5/c1-27-19(26)14-10-18(25)24(11-14)15-5-7-16(8-6-15)28-12-13-3-2-4-17(9-13)29-20(21,22)23/h2-9,14H,10-12H2,1H3. The van der Waals surface area contributed by atoms with Gasteiger partial charge in [-0.05, 0) is 42.0 Å². The molecule has 9 heteroatoms. The van der Waals surface area contributed by atoms with E-state index >= 15 is 0 Å². The molecule has 1 saturated heterocycles. The zero-order valence-electron chi connectivity index (χ0n) is 15.4. The molecule has 0 aliphatic carbocycles. The fourth-order valence-electron chi connectivity index (χ4n) is 3.00. The van der Waals surface area contributed by atoms with Crippen molar-refractivity contribution in [3.8, 4) is 11.5 Å². The fraction of sp³-hybridized carbons (Fsp3) is 0.300. The van der Waals surface area contributed by atoms with Crippen LogP contribution in [-0.4, -0.2) is 31.9 Å². The van der Waals surface area contributed by atoms with Crippen molar-refractivity contribution in [2.45, 2.75) is 19.4 Å². The lowest BCUT2D eigenvalue weighted by Gasteiger charge is -2.17. The molecule has 1 heterocycles. The highest BCUT2D eigenvalue weighted by molar-refractivity contribution is 5.99. The van der Waals surface area contributed by atoms with Gasteiger partial charge in [0.1, 0.15) is 18.1 Å². The number of nitrogens with zero attached hydrogens (tertiary/aromatic N) is 1. The van der Waals surface area contributed by atoms with E-state index in [1.165, 1.54) is 30.2 Å². The van der Waals surface area contributed by atoms with Gasteiger partial charge in [0.05, 0.1) is 13.0 Å². The molecule has 0 saturated carbocycles. The molecule has 2 aromatic rings. The number of rotatable bonds is 6. The van der Waals surface area contributed by atoms with Crippen molar-refractivity contribution in [1.82, 2.24) is 0 Å². The molecule has 1 fully saturated rings. The zero-order valence-corrected chi connectivity index (χ0v) is 15.4. The number of carbonyl (C=O) groups excluding carboxylic acids is 2. The predicted molar refractivity (Wildman–Crippen MR) is 96.4 cm³/mol. The highest BCUT2D eigenvalue weighted by Crippen LogP contribution is 2.28. The third-order valence-electron chi connectivity index (χ3n) is 4.35. The number of amides is 1.